The van der Waals surface area contributed by atoms with Crippen LogP contribution in [0.5, 0.6) is 0 Å². The van der Waals surface area contributed by atoms with Gasteiger partial charge in [0.2, 0.25) is 0 Å². The van der Waals surface area contributed by atoms with Crippen LogP contribution in [0.3, 0.4) is 0 Å². The number of para-hydroxylation sites is 2. The highest BCUT2D eigenvalue weighted by Crippen LogP contribution is 2.43. The summed E-state index contributed by atoms with van der Waals surface area (Å²) in [6.07, 6.45) is 6.75. The fourth-order valence-corrected chi connectivity index (χ4v) is 15.3. The molecule has 0 fully saturated rings. The van der Waals surface area contributed by atoms with Gasteiger partial charge in [0.15, 0.2) is 0 Å². The minimum Gasteiger partial charge on any atom is -0.310 e. The van der Waals surface area contributed by atoms with Crippen molar-refractivity contribution >= 4 is 82.4 Å². The average molecular weight is 1200 g/mol. The Morgan fingerprint density at radius 2 is 0.479 bits per heavy atom. The second-order valence-corrected chi connectivity index (χ2v) is 25.1. The molecule has 14 aromatic carbocycles. The minimum absolute atomic E-state index is 1.04. The van der Waals surface area contributed by atoms with Gasteiger partial charge in [-0.2, -0.15) is 0 Å². The third-order valence-corrected chi connectivity index (χ3v) is 19.9. The standard InChI is InChI=1S/C90H60N4/c1-4-16-59(17-5-1)62-28-41-71(42-29-62)91-84-26-14-11-23-76(84)82-55-67(40-53-86(82)91)70-38-51-80-79-49-36-68(56-89(79)94(90(80)58-70)74-45-32-64(33-46-74)61-20-8-3-9-21-61)65-34-47-72(48-35-65)92-85-27-15-12-24-77(85)81-54-66(39-52-87(81)92)69-37-50-78-75-22-10-13-25-83(75)93(88(78)57-69)73-43-30-63(31-44-73)60-18-6-2-7-19-60/h1-9,11-21,23-58H,10,22H2. The van der Waals surface area contributed by atoms with Crippen LogP contribution in [0.25, 0.3) is 172 Å². The van der Waals surface area contributed by atoms with Crippen LogP contribution in [-0.2, 0) is 6.42 Å². The van der Waals surface area contributed by atoms with E-state index in [0.717, 1.165) is 46.5 Å². The highest BCUT2D eigenvalue weighted by atomic mass is 15.0. The monoisotopic (exact) mass is 1200 g/mol. The van der Waals surface area contributed by atoms with Gasteiger partial charge in [-0.15, -0.1) is 0 Å². The van der Waals surface area contributed by atoms with E-state index >= 15 is 0 Å². The average Bonchev–Trinajstić information content (AvgIpc) is 1.62. The molecular weight excluding hydrogens is 1140 g/mol. The predicted molar refractivity (Wildman–Crippen MR) is 396 cm³/mol. The lowest BCUT2D eigenvalue weighted by Gasteiger charge is -2.13. The van der Waals surface area contributed by atoms with E-state index < -0.39 is 0 Å². The van der Waals surface area contributed by atoms with Gasteiger partial charge in [0.1, 0.15) is 0 Å². The topological polar surface area (TPSA) is 19.7 Å². The Hall–Kier alpha value is -12.2. The molecule has 4 heteroatoms. The summed E-state index contributed by atoms with van der Waals surface area (Å²) < 4.78 is 9.79. The first-order valence-electron chi connectivity index (χ1n) is 32.7. The van der Waals surface area contributed by atoms with Crippen molar-refractivity contribution in [3.8, 4) is 89.5 Å². The molecule has 0 atom stereocenters. The predicted octanol–water partition coefficient (Wildman–Crippen LogP) is 23.9. The van der Waals surface area contributed by atoms with Crippen molar-refractivity contribution in [2.45, 2.75) is 12.8 Å². The highest BCUT2D eigenvalue weighted by Gasteiger charge is 2.22. The molecule has 0 saturated heterocycles. The third-order valence-electron chi connectivity index (χ3n) is 19.9. The van der Waals surface area contributed by atoms with Crippen LogP contribution in [0.2, 0.25) is 0 Å². The SMILES string of the molecule is C1=Cc2c(c3ccc(-c4ccc5c(c4)c4ccccc4n5-c4ccc(-c5ccc6c7ccc(-c8ccc9c(c8)c8ccccc8n9-c8ccc(-c9ccccc9)cc8)cc7n(-c7ccc(-c8ccccc8)cc7)c6c5)cc4)cc3n2-c2ccc(-c3ccccc3)cc2)CC1. The molecule has 0 saturated carbocycles. The van der Waals surface area contributed by atoms with Crippen LogP contribution in [-0.4, -0.2) is 18.3 Å². The lowest BCUT2D eigenvalue weighted by atomic mass is 9.98. The number of aromatic nitrogens is 4. The number of rotatable bonds is 10. The maximum atomic E-state index is 2.47. The van der Waals surface area contributed by atoms with Crippen molar-refractivity contribution in [3.63, 3.8) is 0 Å². The zero-order valence-corrected chi connectivity index (χ0v) is 51.5. The molecule has 19 rings (SSSR count). The van der Waals surface area contributed by atoms with Crippen molar-refractivity contribution in [2.75, 3.05) is 0 Å². The fourth-order valence-electron chi connectivity index (χ4n) is 15.3. The molecule has 1 aliphatic rings. The molecule has 1 aliphatic carbocycles. The summed E-state index contributed by atoms with van der Waals surface area (Å²) in [6.45, 7) is 0. The Morgan fingerprint density at radius 3 is 0.915 bits per heavy atom. The molecule has 4 nitrogen and oxygen atoms in total. The van der Waals surface area contributed by atoms with E-state index in [9.17, 15) is 0 Å². The third kappa shape index (κ3) is 8.75. The van der Waals surface area contributed by atoms with Gasteiger partial charge < -0.3 is 18.3 Å². The molecular formula is C90H60N4. The summed E-state index contributed by atoms with van der Waals surface area (Å²) in [5.74, 6) is 0. The molecule has 0 unspecified atom stereocenters. The lowest BCUT2D eigenvalue weighted by Crippen LogP contribution is -2.00. The minimum atomic E-state index is 1.04. The van der Waals surface area contributed by atoms with Gasteiger partial charge in [-0.05, 0) is 194 Å². The fraction of sp³-hybridized carbons (Fsp3) is 0.0222. The Bertz CT molecular complexity index is 6020. The Balaban J connectivity index is 0.686. The van der Waals surface area contributed by atoms with Crippen molar-refractivity contribution in [2.24, 2.45) is 0 Å². The number of nitrogens with zero attached hydrogens (tertiary/aromatic N) is 4. The van der Waals surface area contributed by atoms with Gasteiger partial charge in [0, 0.05) is 66.1 Å². The molecule has 4 heterocycles. The van der Waals surface area contributed by atoms with Crippen LogP contribution in [0, 0.1) is 0 Å². The normalized spacial score (nSPS) is 12.3. The quantitative estimate of drug-likeness (QED) is 0.130. The van der Waals surface area contributed by atoms with Gasteiger partial charge in [-0.1, -0.05) is 231 Å². The van der Waals surface area contributed by atoms with Crippen LogP contribution < -0.4 is 0 Å². The maximum absolute atomic E-state index is 2.47. The molecule has 0 amide bonds. The summed E-state index contributed by atoms with van der Waals surface area (Å²) in [4.78, 5) is 0. The van der Waals surface area contributed by atoms with Gasteiger partial charge >= 0.3 is 0 Å². The zero-order valence-electron chi connectivity index (χ0n) is 51.5. The summed E-state index contributed by atoms with van der Waals surface area (Å²) in [5.41, 5.74) is 29.9. The summed E-state index contributed by atoms with van der Waals surface area (Å²) >= 11 is 0. The Kier molecular flexibility index (Phi) is 12.4. The maximum Gasteiger partial charge on any atom is 0.0547 e. The van der Waals surface area contributed by atoms with Crippen molar-refractivity contribution < 1.29 is 0 Å². The summed E-state index contributed by atoms with van der Waals surface area (Å²) in [5, 5.41) is 8.70. The molecule has 0 N–H and O–H groups in total. The molecule has 18 aromatic rings. The van der Waals surface area contributed by atoms with Crippen LogP contribution >= 0.6 is 0 Å². The highest BCUT2D eigenvalue weighted by molar-refractivity contribution is 6.14. The second kappa shape index (κ2) is 21.7. The second-order valence-electron chi connectivity index (χ2n) is 25.1. The first-order chi connectivity index (χ1) is 46.6. The van der Waals surface area contributed by atoms with Crippen molar-refractivity contribution in [3.05, 3.63) is 345 Å². The summed E-state index contributed by atoms with van der Waals surface area (Å²) in [6, 6.07) is 121. The molecule has 4 aromatic heterocycles. The smallest absolute Gasteiger partial charge is 0.0547 e. The first-order valence-corrected chi connectivity index (χ1v) is 32.7. The number of hydrogen-bond acceptors (Lipinski definition) is 0. The first kappa shape index (κ1) is 53.6. The van der Waals surface area contributed by atoms with E-state index in [1.165, 1.54) is 143 Å². The van der Waals surface area contributed by atoms with Gasteiger partial charge in [0.25, 0.3) is 0 Å². The Labute approximate surface area is 544 Å². The lowest BCUT2D eigenvalue weighted by molar-refractivity contribution is 0.967. The largest absolute Gasteiger partial charge is 0.310 e. The Morgan fingerprint density at radius 1 is 0.191 bits per heavy atom. The van der Waals surface area contributed by atoms with Gasteiger partial charge in [-0.3, -0.25) is 0 Å². The van der Waals surface area contributed by atoms with Gasteiger partial charge in [0.05, 0.1) is 38.6 Å². The number of allylic oxidation sites excluding steroid dienone is 1. The molecule has 0 radical (unpaired) electrons. The molecule has 0 aliphatic heterocycles. The van der Waals surface area contributed by atoms with E-state index in [-0.39, 0.29) is 0 Å². The van der Waals surface area contributed by atoms with Gasteiger partial charge in [-0.25, -0.2) is 0 Å². The van der Waals surface area contributed by atoms with Crippen LogP contribution in [0.15, 0.2) is 334 Å². The molecule has 0 spiro atoms. The van der Waals surface area contributed by atoms with E-state index in [1.807, 2.05) is 0 Å². The van der Waals surface area contributed by atoms with E-state index in [4.69, 9.17) is 0 Å². The molecule has 440 valence electrons. The van der Waals surface area contributed by atoms with E-state index in [0.29, 0.717) is 0 Å². The number of fused-ring (bicyclic) bond motifs is 12. The number of benzene rings is 14. The van der Waals surface area contributed by atoms with Crippen LogP contribution in [0.4, 0.5) is 0 Å². The van der Waals surface area contributed by atoms with E-state index in [1.54, 1.807) is 0 Å². The van der Waals surface area contributed by atoms with Crippen LogP contribution in [0.1, 0.15) is 17.7 Å². The number of hydrogen-bond donors (Lipinski definition) is 0. The van der Waals surface area contributed by atoms with Crippen molar-refractivity contribution in [1.29, 1.82) is 0 Å². The van der Waals surface area contributed by atoms with E-state index in [2.05, 4.69) is 358 Å². The molecule has 0 bridgehead atoms. The summed E-state index contributed by atoms with van der Waals surface area (Å²) in [7, 11) is 0. The zero-order chi connectivity index (χ0) is 61.8. The van der Waals surface area contributed by atoms with Crippen molar-refractivity contribution in [1.82, 2.24) is 18.3 Å². The number of aryl methyl sites for hydroxylation is 1. The molecule has 94 heavy (non-hydrogen) atoms.